The Bertz CT molecular complexity index is 1220. The second-order valence-electron chi connectivity index (χ2n) is 17.0. The Labute approximate surface area is 387 Å². The highest BCUT2D eigenvalue weighted by molar-refractivity contribution is 7.47. The number of nitrogens with two attached hydrogens (primary N) is 1. The van der Waals surface area contributed by atoms with Crippen molar-refractivity contribution in [2.75, 3.05) is 26.4 Å². The van der Waals surface area contributed by atoms with Crippen molar-refractivity contribution in [3.8, 4) is 0 Å². The Balaban J connectivity index is 4.01. The molecule has 366 valence electrons. The third-order valence-corrected chi connectivity index (χ3v) is 11.9. The number of unbranched alkanes of at least 4 members (excludes halogenated alkanes) is 25. The normalized spacial score (nSPS) is 13.7. The number of carbonyl (C=O) groups excluding carboxylic acids is 2. The van der Waals surface area contributed by atoms with E-state index >= 15 is 0 Å². The minimum Gasteiger partial charge on any atom is -0.462 e. The summed E-state index contributed by atoms with van der Waals surface area (Å²) in [6.07, 6.45) is 59.7. The lowest BCUT2D eigenvalue weighted by Crippen LogP contribution is -2.29. The molecule has 0 aromatic rings. The second kappa shape index (κ2) is 49.2. The average molecular weight is 906 g/mol. The van der Waals surface area contributed by atoms with Gasteiger partial charge in [-0.2, -0.15) is 0 Å². The number of phosphoric acid groups is 1. The zero-order chi connectivity index (χ0) is 46.0. The zero-order valence-corrected chi connectivity index (χ0v) is 41.4. The van der Waals surface area contributed by atoms with Crippen molar-refractivity contribution in [3.63, 3.8) is 0 Å². The molecule has 0 saturated heterocycles. The van der Waals surface area contributed by atoms with Crippen LogP contribution in [0.4, 0.5) is 0 Å². The molecule has 63 heavy (non-hydrogen) atoms. The monoisotopic (exact) mass is 906 g/mol. The van der Waals surface area contributed by atoms with E-state index in [0.717, 1.165) is 77.0 Å². The quantitative estimate of drug-likeness (QED) is 0.0265. The molecule has 2 atom stereocenters. The molecule has 2 unspecified atom stereocenters. The third-order valence-electron chi connectivity index (χ3n) is 10.9. The summed E-state index contributed by atoms with van der Waals surface area (Å²) in [6.45, 7) is 3.64. The molecular weight excluding hydrogens is 810 g/mol. The maximum absolute atomic E-state index is 12.7. The van der Waals surface area contributed by atoms with E-state index in [1.54, 1.807) is 0 Å². The fourth-order valence-corrected chi connectivity index (χ4v) is 7.90. The highest BCUT2D eigenvalue weighted by atomic mass is 31.2. The first-order valence-corrected chi connectivity index (χ1v) is 27.3. The highest BCUT2D eigenvalue weighted by Crippen LogP contribution is 2.43. The van der Waals surface area contributed by atoms with Crippen LogP contribution in [0, 0.1) is 0 Å². The van der Waals surface area contributed by atoms with Crippen LogP contribution in [0.1, 0.15) is 232 Å². The number of carbonyl (C=O) groups is 2. The highest BCUT2D eigenvalue weighted by Gasteiger charge is 2.26. The number of rotatable bonds is 48. The van der Waals surface area contributed by atoms with Gasteiger partial charge in [0.2, 0.25) is 0 Å². The number of hydrogen-bond donors (Lipinski definition) is 2. The Morgan fingerprint density at radius 1 is 0.492 bits per heavy atom. The summed E-state index contributed by atoms with van der Waals surface area (Å²) in [5.41, 5.74) is 5.37. The molecule has 0 aliphatic heterocycles. The third kappa shape index (κ3) is 49.0. The Morgan fingerprint density at radius 2 is 0.873 bits per heavy atom. The summed E-state index contributed by atoms with van der Waals surface area (Å²) < 4.78 is 32.9. The van der Waals surface area contributed by atoms with Crippen LogP contribution in [0.15, 0.2) is 60.8 Å². The molecule has 0 rings (SSSR count). The van der Waals surface area contributed by atoms with Crippen molar-refractivity contribution in [2.24, 2.45) is 5.73 Å². The summed E-state index contributed by atoms with van der Waals surface area (Å²) in [7, 11) is -4.38. The SMILES string of the molecule is CC/C=C\C/C=C\C/C=C\C/C=C\C/C=C\CCCCCCCCCCCCCC(=O)OC(COC(=O)CCCCCCCCCCCCCCCCC)COP(=O)(O)OCCN. The van der Waals surface area contributed by atoms with Crippen LogP contribution in [0.3, 0.4) is 0 Å². The number of phosphoric ester groups is 1. The first kappa shape index (κ1) is 60.7. The van der Waals surface area contributed by atoms with Crippen LogP contribution in [-0.2, 0) is 32.7 Å². The van der Waals surface area contributed by atoms with Crippen LogP contribution in [0.2, 0.25) is 0 Å². The van der Waals surface area contributed by atoms with Crippen LogP contribution in [-0.4, -0.2) is 49.3 Å². The summed E-state index contributed by atoms with van der Waals surface area (Å²) >= 11 is 0. The Hall–Kier alpha value is -2.29. The lowest BCUT2D eigenvalue weighted by atomic mass is 10.0. The number of hydrogen-bond acceptors (Lipinski definition) is 8. The van der Waals surface area contributed by atoms with E-state index in [1.165, 1.54) is 122 Å². The Morgan fingerprint density at radius 3 is 1.30 bits per heavy atom. The van der Waals surface area contributed by atoms with Crippen LogP contribution < -0.4 is 5.73 Å². The predicted octanol–water partition coefficient (Wildman–Crippen LogP) is 15.6. The van der Waals surface area contributed by atoms with Crippen LogP contribution >= 0.6 is 7.82 Å². The van der Waals surface area contributed by atoms with Crippen molar-refractivity contribution in [2.45, 2.75) is 238 Å². The van der Waals surface area contributed by atoms with E-state index in [2.05, 4.69) is 74.6 Å². The lowest BCUT2D eigenvalue weighted by Gasteiger charge is -2.19. The van der Waals surface area contributed by atoms with Gasteiger partial charge in [-0.15, -0.1) is 0 Å². The molecule has 0 aliphatic rings. The van der Waals surface area contributed by atoms with Crippen molar-refractivity contribution in [1.29, 1.82) is 0 Å². The largest absolute Gasteiger partial charge is 0.472 e. The van der Waals surface area contributed by atoms with Gasteiger partial charge >= 0.3 is 19.8 Å². The molecule has 0 radical (unpaired) electrons. The fourth-order valence-electron chi connectivity index (χ4n) is 7.13. The van der Waals surface area contributed by atoms with E-state index in [0.29, 0.717) is 6.42 Å². The minimum absolute atomic E-state index is 0.0523. The second-order valence-corrected chi connectivity index (χ2v) is 18.5. The molecule has 3 N–H and O–H groups in total. The minimum atomic E-state index is -4.38. The summed E-state index contributed by atoms with van der Waals surface area (Å²) in [5.74, 6) is -0.825. The molecular formula is C53H96NO8P. The van der Waals surface area contributed by atoms with Gasteiger partial charge in [0.15, 0.2) is 6.10 Å². The topological polar surface area (TPSA) is 134 Å². The van der Waals surface area contributed by atoms with E-state index in [9.17, 15) is 19.0 Å². The summed E-state index contributed by atoms with van der Waals surface area (Å²) in [5, 5.41) is 0. The first-order valence-electron chi connectivity index (χ1n) is 25.8. The summed E-state index contributed by atoms with van der Waals surface area (Å²) in [4.78, 5) is 35.0. The lowest BCUT2D eigenvalue weighted by molar-refractivity contribution is -0.161. The molecule has 0 bridgehead atoms. The predicted molar refractivity (Wildman–Crippen MR) is 266 cm³/mol. The summed E-state index contributed by atoms with van der Waals surface area (Å²) in [6, 6.07) is 0. The van der Waals surface area contributed by atoms with Gasteiger partial charge in [-0.3, -0.25) is 18.6 Å². The standard InChI is InChI=1S/C53H96NO8P/c1-3-5-7-9-11-13-15-17-19-20-21-22-23-24-25-26-27-28-29-30-32-34-36-38-40-42-44-46-53(56)62-51(50-61-63(57,58)60-48-47-54)49-59-52(55)45-43-41-39-37-35-33-31-18-16-14-12-10-8-6-4-2/h5,7,11,13,17,19,21-22,24-25,51H,3-4,6,8-10,12,14-16,18,20,23,26-50,54H2,1-2H3,(H,57,58)/b7-5-,13-11-,19-17-,22-21-,25-24-. The van der Waals surface area contributed by atoms with Gasteiger partial charge in [-0.1, -0.05) is 222 Å². The number of ether oxygens (including phenoxy) is 2. The average Bonchev–Trinajstić information content (AvgIpc) is 3.27. The molecule has 0 aromatic carbocycles. The smallest absolute Gasteiger partial charge is 0.462 e. The molecule has 10 heteroatoms. The van der Waals surface area contributed by atoms with Gasteiger partial charge in [0.25, 0.3) is 0 Å². The van der Waals surface area contributed by atoms with Crippen LogP contribution in [0.25, 0.3) is 0 Å². The first-order chi connectivity index (χ1) is 30.8. The number of allylic oxidation sites excluding steroid dienone is 10. The maximum Gasteiger partial charge on any atom is 0.472 e. The van der Waals surface area contributed by atoms with Gasteiger partial charge in [0.1, 0.15) is 6.61 Å². The van der Waals surface area contributed by atoms with E-state index in [-0.39, 0.29) is 38.6 Å². The fraction of sp³-hybridized carbons (Fsp3) is 0.774. The molecule has 0 aliphatic carbocycles. The van der Waals surface area contributed by atoms with Crippen molar-refractivity contribution in [3.05, 3.63) is 60.8 Å². The van der Waals surface area contributed by atoms with Gasteiger partial charge in [-0.05, 0) is 57.8 Å². The maximum atomic E-state index is 12.7. The van der Waals surface area contributed by atoms with Gasteiger partial charge < -0.3 is 20.1 Å². The molecule has 0 heterocycles. The van der Waals surface area contributed by atoms with Gasteiger partial charge in [-0.25, -0.2) is 4.57 Å². The van der Waals surface area contributed by atoms with E-state index in [4.69, 9.17) is 24.3 Å². The molecule has 0 saturated carbocycles. The van der Waals surface area contributed by atoms with E-state index in [1.807, 2.05) is 0 Å². The molecule has 0 aromatic heterocycles. The molecule has 0 fully saturated rings. The van der Waals surface area contributed by atoms with E-state index < -0.39 is 26.5 Å². The molecule has 0 amide bonds. The van der Waals surface area contributed by atoms with Crippen molar-refractivity contribution in [1.82, 2.24) is 0 Å². The molecule has 0 spiro atoms. The zero-order valence-electron chi connectivity index (χ0n) is 40.6. The van der Waals surface area contributed by atoms with Gasteiger partial charge in [0.05, 0.1) is 13.2 Å². The van der Waals surface area contributed by atoms with Crippen molar-refractivity contribution >= 4 is 19.8 Å². The Kier molecular flexibility index (Phi) is 47.4. The van der Waals surface area contributed by atoms with Crippen LogP contribution in [0.5, 0.6) is 0 Å². The van der Waals surface area contributed by atoms with Crippen molar-refractivity contribution < 1.29 is 37.6 Å². The number of esters is 2. The molecule has 9 nitrogen and oxygen atoms in total. The van der Waals surface area contributed by atoms with Gasteiger partial charge in [0, 0.05) is 19.4 Å².